The molecule has 0 radical (unpaired) electrons. The Hall–Kier alpha value is -2.46. The highest BCUT2D eigenvalue weighted by molar-refractivity contribution is 14.1. The molecule has 2 aliphatic rings. The normalized spacial score (nSPS) is 24.2. The maximum Gasteiger partial charge on any atom is 0.171 e. The fraction of sp³-hybridized carbons (Fsp3) is 0.414. The van der Waals surface area contributed by atoms with Crippen LogP contribution in [0, 0.1) is 23.5 Å². The van der Waals surface area contributed by atoms with Crippen LogP contribution in [0.4, 0.5) is 8.78 Å². The number of aromatic nitrogens is 1. The van der Waals surface area contributed by atoms with Crippen LogP contribution in [0.2, 0.25) is 0 Å². The average molecular weight is 618 g/mol. The number of fused-ring (bicyclic) bond motifs is 1. The smallest absolute Gasteiger partial charge is 0.171 e. The summed E-state index contributed by atoms with van der Waals surface area (Å²) in [5.41, 5.74) is 2.29. The predicted octanol–water partition coefficient (Wildman–Crippen LogP) is 7.06. The summed E-state index contributed by atoms with van der Waals surface area (Å²) in [4.78, 5) is 28.7. The number of nitrogens with zero attached hydrogens (tertiary/aromatic N) is 2. The van der Waals surface area contributed by atoms with E-state index in [1.54, 1.807) is 24.3 Å². The van der Waals surface area contributed by atoms with E-state index in [0.717, 1.165) is 45.2 Å². The monoisotopic (exact) mass is 618 g/mol. The highest BCUT2D eigenvalue weighted by Gasteiger charge is 2.38. The molecule has 5 rings (SSSR count). The Morgan fingerprint density at radius 3 is 2.43 bits per heavy atom. The Kier molecular flexibility index (Phi) is 7.85. The van der Waals surface area contributed by atoms with E-state index in [1.807, 2.05) is 0 Å². The zero-order valence-electron chi connectivity index (χ0n) is 20.6. The second kappa shape index (κ2) is 11.1. The third-order valence-corrected chi connectivity index (χ3v) is 8.97. The van der Waals surface area contributed by atoms with E-state index < -0.39 is 0 Å². The minimum Gasteiger partial charge on any atom is -0.360 e. The second-order valence-electron chi connectivity index (χ2n) is 10.2. The van der Waals surface area contributed by atoms with Crippen LogP contribution in [0.25, 0.3) is 11.3 Å². The number of carbonyl (C=O) groups excluding carboxylic acids is 2. The van der Waals surface area contributed by atoms with Gasteiger partial charge in [-0.3, -0.25) is 14.5 Å². The molecule has 4 atom stereocenters. The minimum absolute atomic E-state index is 0.0544. The molecule has 194 valence electrons. The maximum absolute atomic E-state index is 13.5. The summed E-state index contributed by atoms with van der Waals surface area (Å²) in [5, 5.41) is 4.17. The Bertz CT molecular complexity index is 1280. The fourth-order valence-electron chi connectivity index (χ4n) is 5.62. The molecule has 1 fully saturated rings. The first-order valence-corrected chi connectivity index (χ1v) is 14.0. The number of rotatable bonds is 7. The number of benzene rings is 2. The molecule has 5 nitrogen and oxygen atoms in total. The lowest BCUT2D eigenvalue weighted by Crippen LogP contribution is -2.41. The number of carbonyl (C=O) groups is 2. The van der Waals surface area contributed by atoms with Crippen LogP contribution in [0.1, 0.15) is 71.4 Å². The molecule has 0 saturated carbocycles. The zero-order valence-corrected chi connectivity index (χ0v) is 22.8. The lowest BCUT2D eigenvalue weighted by molar-refractivity contribution is 0.0812. The number of alkyl halides is 1. The summed E-state index contributed by atoms with van der Waals surface area (Å²) >= 11 is 2.41. The lowest BCUT2D eigenvalue weighted by atomic mass is 9.77. The van der Waals surface area contributed by atoms with E-state index in [1.165, 1.54) is 24.3 Å². The van der Waals surface area contributed by atoms with Crippen molar-refractivity contribution in [3.8, 4) is 11.3 Å². The summed E-state index contributed by atoms with van der Waals surface area (Å²) < 4.78 is 32.4. The summed E-state index contributed by atoms with van der Waals surface area (Å²) in [6.07, 6.45) is 3.92. The van der Waals surface area contributed by atoms with Gasteiger partial charge in [-0.05, 0) is 93.7 Å². The van der Waals surface area contributed by atoms with E-state index in [2.05, 4.69) is 39.6 Å². The number of piperidine rings is 1. The standard InChI is InChI=1S/C29H29F2IN2O3/c1-17-15-20(28(36)25-26(33-37-29(17)25)18-4-8-22(30)9-5-18)3-2-13-34-14-12-21(16-24(34)32)27(35)19-6-10-23(31)11-7-19/h4-11,17,20-21,24H,2-3,12-16H2,1H3. The van der Waals surface area contributed by atoms with Crippen LogP contribution in [0.5, 0.6) is 0 Å². The zero-order chi connectivity index (χ0) is 26.1. The second-order valence-corrected chi connectivity index (χ2v) is 11.6. The third-order valence-electron chi connectivity index (χ3n) is 7.68. The van der Waals surface area contributed by atoms with Gasteiger partial charge in [0.1, 0.15) is 17.3 Å². The van der Waals surface area contributed by atoms with E-state index in [4.69, 9.17) is 4.52 Å². The van der Waals surface area contributed by atoms with Gasteiger partial charge in [0.05, 0.1) is 9.61 Å². The van der Waals surface area contributed by atoms with Crippen LogP contribution < -0.4 is 0 Å². The van der Waals surface area contributed by atoms with Crippen molar-refractivity contribution < 1.29 is 22.9 Å². The maximum atomic E-state index is 13.5. The van der Waals surface area contributed by atoms with Crippen LogP contribution >= 0.6 is 22.6 Å². The first kappa shape index (κ1) is 26.2. The molecule has 8 heteroatoms. The van der Waals surface area contributed by atoms with Crippen molar-refractivity contribution in [3.63, 3.8) is 0 Å². The van der Waals surface area contributed by atoms with Crippen LogP contribution in [-0.2, 0) is 0 Å². The van der Waals surface area contributed by atoms with Gasteiger partial charge in [-0.1, -0.05) is 34.7 Å². The molecule has 37 heavy (non-hydrogen) atoms. The van der Waals surface area contributed by atoms with Gasteiger partial charge in [0.15, 0.2) is 17.3 Å². The van der Waals surface area contributed by atoms with Crippen molar-refractivity contribution in [1.29, 1.82) is 0 Å². The van der Waals surface area contributed by atoms with E-state index in [0.29, 0.717) is 28.1 Å². The molecule has 0 amide bonds. The molecule has 0 spiro atoms. The largest absolute Gasteiger partial charge is 0.360 e. The number of hydrogen-bond donors (Lipinski definition) is 0. The number of hydrogen-bond acceptors (Lipinski definition) is 5. The van der Waals surface area contributed by atoms with Crippen molar-refractivity contribution in [1.82, 2.24) is 10.1 Å². The molecule has 4 unspecified atom stereocenters. The summed E-state index contributed by atoms with van der Waals surface area (Å²) in [6, 6.07) is 11.8. The topological polar surface area (TPSA) is 63.4 Å². The molecule has 2 aromatic carbocycles. The molecular formula is C29H29F2IN2O3. The van der Waals surface area contributed by atoms with Gasteiger partial charge in [0.2, 0.25) is 0 Å². The summed E-state index contributed by atoms with van der Waals surface area (Å²) in [7, 11) is 0. The number of halogens is 3. The van der Waals surface area contributed by atoms with E-state index >= 15 is 0 Å². The van der Waals surface area contributed by atoms with E-state index in [-0.39, 0.29) is 45.0 Å². The Labute approximate surface area is 228 Å². The van der Waals surface area contributed by atoms with Crippen LogP contribution in [0.3, 0.4) is 0 Å². The molecule has 1 aromatic heterocycles. The van der Waals surface area contributed by atoms with Gasteiger partial charge < -0.3 is 4.52 Å². The molecule has 3 aromatic rings. The SMILES string of the molecule is CC1CC(CCCN2CCC(C(=O)c3ccc(F)cc3)CC2I)C(=O)c2c(-c3ccc(F)cc3)noc21. The molecule has 1 aliphatic heterocycles. The number of likely N-dealkylation sites (tertiary alicyclic amines) is 1. The molecule has 1 aliphatic carbocycles. The first-order valence-electron chi connectivity index (χ1n) is 12.8. The first-order chi connectivity index (χ1) is 17.8. The van der Waals surface area contributed by atoms with Crippen LogP contribution in [0.15, 0.2) is 53.1 Å². The van der Waals surface area contributed by atoms with Crippen molar-refractivity contribution in [2.45, 2.75) is 49.0 Å². The van der Waals surface area contributed by atoms with Gasteiger partial charge in [-0.25, -0.2) is 8.78 Å². The quantitative estimate of drug-likeness (QED) is 0.123. The summed E-state index contributed by atoms with van der Waals surface area (Å²) in [5.74, 6) is 0.0262. The number of Topliss-reactive ketones (excluding diaryl/α,β-unsaturated/α-hetero) is 2. The van der Waals surface area contributed by atoms with Crippen molar-refractivity contribution in [3.05, 3.63) is 77.1 Å². The van der Waals surface area contributed by atoms with Crippen LogP contribution in [-0.4, -0.2) is 38.8 Å². The van der Waals surface area contributed by atoms with Gasteiger partial charge in [-0.2, -0.15) is 0 Å². The summed E-state index contributed by atoms with van der Waals surface area (Å²) in [6.45, 7) is 3.75. The molecule has 1 saturated heterocycles. The average Bonchev–Trinajstić information content (AvgIpc) is 3.34. The van der Waals surface area contributed by atoms with E-state index in [9.17, 15) is 18.4 Å². The third kappa shape index (κ3) is 5.55. The molecule has 0 N–H and O–H groups in total. The fourth-order valence-corrected chi connectivity index (χ4v) is 6.79. The Morgan fingerprint density at radius 2 is 1.76 bits per heavy atom. The molecule has 0 bridgehead atoms. The van der Waals surface area contributed by atoms with Crippen molar-refractivity contribution in [2.75, 3.05) is 13.1 Å². The van der Waals surface area contributed by atoms with Gasteiger partial charge in [0, 0.05) is 28.9 Å². The lowest BCUT2D eigenvalue weighted by Gasteiger charge is -2.36. The molecular weight excluding hydrogens is 589 g/mol. The van der Waals surface area contributed by atoms with Crippen molar-refractivity contribution >= 4 is 34.2 Å². The Balaban J connectivity index is 1.17. The number of ketones is 2. The van der Waals surface area contributed by atoms with Gasteiger partial charge in [0.25, 0.3) is 0 Å². The highest BCUT2D eigenvalue weighted by atomic mass is 127. The highest BCUT2D eigenvalue weighted by Crippen LogP contribution is 2.41. The van der Waals surface area contributed by atoms with Gasteiger partial charge in [-0.15, -0.1) is 0 Å². The molecule has 2 heterocycles. The van der Waals surface area contributed by atoms with Gasteiger partial charge >= 0.3 is 0 Å². The Morgan fingerprint density at radius 1 is 1.08 bits per heavy atom. The predicted molar refractivity (Wildman–Crippen MR) is 145 cm³/mol. The van der Waals surface area contributed by atoms with Crippen molar-refractivity contribution in [2.24, 2.45) is 11.8 Å². The minimum atomic E-state index is -0.337.